The lowest BCUT2D eigenvalue weighted by Gasteiger charge is -2.15. The number of nitriles is 1. The molecule has 2 N–H and O–H groups in total. The third-order valence-corrected chi connectivity index (χ3v) is 4.56. The number of nitrogens with zero attached hydrogens (tertiary/aromatic N) is 1. The summed E-state index contributed by atoms with van der Waals surface area (Å²) in [6, 6.07) is 17.1. The van der Waals surface area contributed by atoms with Crippen molar-refractivity contribution in [3.8, 4) is 6.07 Å². The zero-order chi connectivity index (χ0) is 15.9. The van der Waals surface area contributed by atoms with Crippen LogP contribution in [-0.4, -0.2) is 10.9 Å². The van der Waals surface area contributed by atoms with Crippen molar-refractivity contribution >= 4 is 22.5 Å². The number of rotatable bonds is 3. The summed E-state index contributed by atoms with van der Waals surface area (Å²) in [5, 5.41) is 12.9. The molecule has 1 aliphatic carbocycles. The molecule has 0 atom stereocenters. The van der Waals surface area contributed by atoms with E-state index in [0.29, 0.717) is 5.56 Å². The second-order valence-corrected chi connectivity index (χ2v) is 5.97. The molecule has 1 aromatic heterocycles. The molecule has 4 heteroatoms. The summed E-state index contributed by atoms with van der Waals surface area (Å²) in [7, 11) is 0. The van der Waals surface area contributed by atoms with Crippen molar-refractivity contribution in [2.45, 2.75) is 18.3 Å². The van der Waals surface area contributed by atoms with Crippen LogP contribution in [-0.2, 0) is 10.2 Å². The van der Waals surface area contributed by atoms with Gasteiger partial charge in [-0.25, -0.2) is 0 Å². The number of amides is 1. The highest BCUT2D eigenvalue weighted by atomic mass is 16.2. The minimum Gasteiger partial charge on any atom is -0.361 e. The SMILES string of the molecule is N#Cc1ccc(NC(=O)C2(c3c[nH]c4ccccc34)CC2)cc1. The van der Waals surface area contributed by atoms with Crippen LogP contribution < -0.4 is 5.32 Å². The molecule has 3 aromatic rings. The highest BCUT2D eigenvalue weighted by Gasteiger charge is 2.52. The number of anilines is 1. The smallest absolute Gasteiger partial charge is 0.235 e. The maximum Gasteiger partial charge on any atom is 0.235 e. The fourth-order valence-corrected chi connectivity index (χ4v) is 3.09. The molecule has 4 nitrogen and oxygen atoms in total. The number of H-pyrrole nitrogens is 1. The maximum atomic E-state index is 12.8. The van der Waals surface area contributed by atoms with Gasteiger partial charge in [-0.2, -0.15) is 5.26 Å². The van der Waals surface area contributed by atoms with Gasteiger partial charge in [-0.3, -0.25) is 4.79 Å². The lowest BCUT2D eigenvalue weighted by molar-refractivity contribution is -0.118. The highest BCUT2D eigenvalue weighted by molar-refractivity contribution is 6.04. The Balaban J connectivity index is 1.63. The molecule has 0 saturated heterocycles. The van der Waals surface area contributed by atoms with Crippen molar-refractivity contribution in [3.05, 3.63) is 65.9 Å². The third kappa shape index (κ3) is 2.18. The Morgan fingerprint density at radius 1 is 1.13 bits per heavy atom. The lowest BCUT2D eigenvalue weighted by atomic mass is 9.94. The number of nitrogens with one attached hydrogen (secondary N) is 2. The molecule has 0 bridgehead atoms. The van der Waals surface area contributed by atoms with Gasteiger partial charge in [0.15, 0.2) is 0 Å². The first-order valence-electron chi connectivity index (χ1n) is 7.61. The van der Waals surface area contributed by atoms with Crippen LogP contribution in [0.4, 0.5) is 5.69 Å². The Morgan fingerprint density at radius 3 is 2.57 bits per heavy atom. The minimum absolute atomic E-state index is 0.0203. The van der Waals surface area contributed by atoms with Crippen LogP contribution in [0.1, 0.15) is 24.0 Å². The van der Waals surface area contributed by atoms with Crippen molar-refractivity contribution in [1.82, 2.24) is 4.98 Å². The summed E-state index contributed by atoms with van der Waals surface area (Å²) < 4.78 is 0. The Bertz CT molecular complexity index is 927. The van der Waals surface area contributed by atoms with Gasteiger partial charge in [0.2, 0.25) is 5.91 Å². The van der Waals surface area contributed by atoms with E-state index >= 15 is 0 Å². The molecule has 1 saturated carbocycles. The molecule has 0 aliphatic heterocycles. The van der Waals surface area contributed by atoms with Gasteiger partial charge in [-0.15, -0.1) is 0 Å². The van der Waals surface area contributed by atoms with Gasteiger partial charge in [-0.1, -0.05) is 18.2 Å². The number of hydrogen-bond donors (Lipinski definition) is 2. The van der Waals surface area contributed by atoms with E-state index in [1.807, 2.05) is 24.4 Å². The van der Waals surface area contributed by atoms with Crippen LogP contribution in [0, 0.1) is 11.3 Å². The molecular weight excluding hydrogens is 286 g/mol. The van der Waals surface area contributed by atoms with Crippen molar-refractivity contribution in [3.63, 3.8) is 0 Å². The van der Waals surface area contributed by atoms with E-state index in [1.165, 1.54) is 0 Å². The van der Waals surface area contributed by atoms with Crippen LogP contribution in [0.5, 0.6) is 0 Å². The predicted octanol–water partition coefficient (Wildman–Crippen LogP) is 3.71. The number of para-hydroxylation sites is 1. The molecule has 0 radical (unpaired) electrons. The van der Waals surface area contributed by atoms with Crippen molar-refractivity contribution < 1.29 is 4.79 Å². The fourth-order valence-electron chi connectivity index (χ4n) is 3.09. The van der Waals surface area contributed by atoms with E-state index < -0.39 is 5.41 Å². The van der Waals surface area contributed by atoms with Crippen LogP contribution in [0.25, 0.3) is 10.9 Å². The molecule has 2 aromatic carbocycles. The Morgan fingerprint density at radius 2 is 1.87 bits per heavy atom. The van der Waals surface area contributed by atoms with E-state index in [9.17, 15) is 4.79 Å². The number of carbonyl (C=O) groups is 1. The van der Waals surface area contributed by atoms with E-state index in [4.69, 9.17) is 5.26 Å². The number of benzene rings is 2. The van der Waals surface area contributed by atoms with Gasteiger partial charge >= 0.3 is 0 Å². The van der Waals surface area contributed by atoms with E-state index in [1.54, 1.807) is 24.3 Å². The second kappa shape index (κ2) is 4.99. The predicted molar refractivity (Wildman–Crippen MR) is 89.0 cm³/mol. The van der Waals surface area contributed by atoms with Crippen LogP contribution >= 0.6 is 0 Å². The topological polar surface area (TPSA) is 68.7 Å². The number of fused-ring (bicyclic) bond motifs is 1. The van der Waals surface area contributed by atoms with Gasteiger partial charge in [-0.05, 0) is 48.7 Å². The quantitative estimate of drug-likeness (QED) is 0.774. The summed E-state index contributed by atoms with van der Waals surface area (Å²) in [6.07, 6.45) is 3.67. The Kier molecular flexibility index (Phi) is 2.95. The van der Waals surface area contributed by atoms with Crippen LogP contribution in [0.15, 0.2) is 54.7 Å². The van der Waals surface area contributed by atoms with Crippen molar-refractivity contribution in [1.29, 1.82) is 5.26 Å². The number of hydrogen-bond acceptors (Lipinski definition) is 2. The second-order valence-electron chi connectivity index (χ2n) is 5.97. The Labute approximate surface area is 133 Å². The average Bonchev–Trinajstić information content (AvgIpc) is 3.29. The molecular formula is C19H15N3O. The lowest BCUT2D eigenvalue weighted by Crippen LogP contribution is -2.27. The molecule has 1 fully saturated rings. The van der Waals surface area contributed by atoms with Crippen molar-refractivity contribution in [2.24, 2.45) is 0 Å². The zero-order valence-corrected chi connectivity index (χ0v) is 12.5. The summed E-state index contributed by atoms with van der Waals surface area (Å²) in [4.78, 5) is 16.1. The van der Waals surface area contributed by atoms with Gasteiger partial charge in [0.25, 0.3) is 0 Å². The van der Waals surface area contributed by atoms with Crippen LogP contribution in [0.2, 0.25) is 0 Å². The van der Waals surface area contributed by atoms with Crippen molar-refractivity contribution in [2.75, 3.05) is 5.32 Å². The first-order valence-corrected chi connectivity index (χ1v) is 7.61. The third-order valence-electron chi connectivity index (χ3n) is 4.56. The Hall–Kier alpha value is -3.06. The zero-order valence-electron chi connectivity index (χ0n) is 12.5. The number of carbonyl (C=O) groups excluding carboxylic acids is 1. The van der Waals surface area contributed by atoms with Gasteiger partial charge in [0, 0.05) is 22.8 Å². The summed E-state index contributed by atoms with van der Waals surface area (Å²) in [5.74, 6) is 0.0203. The fraction of sp³-hybridized carbons (Fsp3) is 0.158. The van der Waals surface area contributed by atoms with E-state index in [2.05, 4.69) is 22.4 Å². The van der Waals surface area contributed by atoms with E-state index in [0.717, 1.165) is 35.0 Å². The average molecular weight is 301 g/mol. The summed E-state index contributed by atoms with van der Waals surface area (Å²) in [6.45, 7) is 0. The van der Waals surface area contributed by atoms with Gasteiger partial charge < -0.3 is 10.3 Å². The molecule has 23 heavy (non-hydrogen) atoms. The molecule has 4 rings (SSSR count). The molecule has 0 spiro atoms. The summed E-state index contributed by atoms with van der Waals surface area (Å²) >= 11 is 0. The monoisotopic (exact) mass is 301 g/mol. The molecule has 1 amide bonds. The molecule has 1 aliphatic rings. The van der Waals surface area contributed by atoms with Gasteiger partial charge in [0.1, 0.15) is 0 Å². The van der Waals surface area contributed by atoms with Gasteiger partial charge in [0.05, 0.1) is 17.0 Å². The standard InChI is InChI=1S/C19H15N3O/c20-11-13-5-7-14(8-6-13)22-18(23)19(9-10-19)16-12-21-17-4-2-1-3-15(16)17/h1-8,12,21H,9-10H2,(H,22,23). The number of aromatic amines is 1. The first-order chi connectivity index (χ1) is 11.2. The molecule has 1 heterocycles. The van der Waals surface area contributed by atoms with Crippen LogP contribution in [0.3, 0.4) is 0 Å². The molecule has 0 unspecified atom stereocenters. The normalized spacial score (nSPS) is 15.1. The van der Waals surface area contributed by atoms with E-state index in [-0.39, 0.29) is 5.91 Å². The minimum atomic E-state index is -0.437. The highest BCUT2D eigenvalue weighted by Crippen LogP contribution is 2.51. The largest absolute Gasteiger partial charge is 0.361 e. The molecule has 112 valence electrons. The number of aromatic nitrogens is 1. The first kappa shape index (κ1) is 13.6. The maximum absolute atomic E-state index is 12.8. The summed E-state index contributed by atoms with van der Waals surface area (Å²) in [5.41, 5.74) is 2.99.